The lowest BCUT2D eigenvalue weighted by molar-refractivity contribution is -0.132. The molecule has 13 heavy (non-hydrogen) atoms. The fourth-order valence-electron chi connectivity index (χ4n) is 0.814. The Morgan fingerprint density at radius 2 is 2.15 bits per heavy atom. The van der Waals surface area contributed by atoms with Gasteiger partial charge in [0.1, 0.15) is 0 Å². The predicted octanol–water partition coefficient (Wildman–Crippen LogP) is 2.22. The van der Waals surface area contributed by atoms with Crippen molar-refractivity contribution >= 4 is 5.97 Å². The third-order valence-corrected chi connectivity index (χ3v) is 1.94. The van der Waals surface area contributed by atoms with E-state index in [2.05, 4.69) is 0 Å². The van der Waals surface area contributed by atoms with Gasteiger partial charge in [0, 0.05) is 5.57 Å². The largest absolute Gasteiger partial charge is 0.478 e. The van der Waals surface area contributed by atoms with Gasteiger partial charge in [-0.25, -0.2) is 4.79 Å². The predicted molar refractivity (Wildman–Crippen MR) is 51.7 cm³/mol. The smallest absolute Gasteiger partial charge is 0.331 e. The van der Waals surface area contributed by atoms with Crippen molar-refractivity contribution in [3.05, 3.63) is 11.6 Å². The Morgan fingerprint density at radius 3 is 2.54 bits per heavy atom. The van der Waals surface area contributed by atoms with Gasteiger partial charge < -0.3 is 9.84 Å². The van der Waals surface area contributed by atoms with Crippen molar-refractivity contribution in [1.82, 2.24) is 0 Å². The summed E-state index contributed by atoms with van der Waals surface area (Å²) in [5.74, 6) is -0.852. The maximum absolute atomic E-state index is 10.6. The second kappa shape index (κ2) is 6.66. The first-order valence-corrected chi connectivity index (χ1v) is 4.65. The molecule has 0 aromatic carbocycles. The Hall–Kier alpha value is -0.830. The molecular weight excluding hydrogens is 168 g/mol. The molecule has 0 aliphatic carbocycles. The lowest BCUT2D eigenvalue weighted by Crippen LogP contribution is -2.08. The zero-order valence-electron chi connectivity index (χ0n) is 8.54. The molecule has 0 aliphatic rings. The summed E-state index contributed by atoms with van der Waals surface area (Å²) in [6.45, 7) is 6.22. The SMILES string of the molecule is CCC(=CCOC(C)CC)C(=O)O. The molecule has 76 valence electrons. The number of carbonyl (C=O) groups is 1. The van der Waals surface area contributed by atoms with E-state index < -0.39 is 5.97 Å². The first-order chi connectivity index (χ1) is 6.11. The van der Waals surface area contributed by atoms with Crippen LogP contribution in [-0.4, -0.2) is 23.8 Å². The van der Waals surface area contributed by atoms with Crippen molar-refractivity contribution in [3.8, 4) is 0 Å². The molecule has 0 heterocycles. The maximum atomic E-state index is 10.6. The van der Waals surface area contributed by atoms with Crippen molar-refractivity contribution in [1.29, 1.82) is 0 Å². The number of carboxylic acids is 1. The average Bonchev–Trinajstić information content (AvgIpc) is 2.11. The van der Waals surface area contributed by atoms with E-state index in [1.807, 2.05) is 20.8 Å². The van der Waals surface area contributed by atoms with Gasteiger partial charge in [-0.15, -0.1) is 0 Å². The van der Waals surface area contributed by atoms with E-state index in [1.165, 1.54) is 0 Å². The molecule has 1 N–H and O–H groups in total. The van der Waals surface area contributed by atoms with Crippen LogP contribution in [0.1, 0.15) is 33.6 Å². The molecule has 0 bridgehead atoms. The lowest BCUT2D eigenvalue weighted by Gasteiger charge is -2.08. The monoisotopic (exact) mass is 186 g/mol. The summed E-state index contributed by atoms with van der Waals surface area (Å²) in [6.07, 6.45) is 3.32. The zero-order chi connectivity index (χ0) is 10.3. The van der Waals surface area contributed by atoms with E-state index in [0.717, 1.165) is 6.42 Å². The standard InChI is InChI=1S/C10H18O3/c1-4-8(3)13-7-6-9(5-2)10(11)12/h6,8H,4-5,7H2,1-3H3,(H,11,12). The Kier molecular flexibility index (Phi) is 6.24. The average molecular weight is 186 g/mol. The van der Waals surface area contributed by atoms with Gasteiger partial charge in [0.25, 0.3) is 0 Å². The fourth-order valence-corrected chi connectivity index (χ4v) is 0.814. The van der Waals surface area contributed by atoms with Gasteiger partial charge in [-0.2, -0.15) is 0 Å². The zero-order valence-corrected chi connectivity index (χ0v) is 8.54. The molecule has 0 radical (unpaired) electrons. The van der Waals surface area contributed by atoms with Crippen LogP contribution < -0.4 is 0 Å². The summed E-state index contributed by atoms with van der Waals surface area (Å²) >= 11 is 0. The number of hydrogen-bond acceptors (Lipinski definition) is 2. The maximum Gasteiger partial charge on any atom is 0.331 e. The van der Waals surface area contributed by atoms with Crippen LogP contribution in [-0.2, 0) is 9.53 Å². The molecule has 0 fully saturated rings. The molecule has 0 aromatic rings. The molecule has 3 nitrogen and oxygen atoms in total. The lowest BCUT2D eigenvalue weighted by atomic mass is 10.2. The Morgan fingerprint density at radius 1 is 1.54 bits per heavy atom. The normalized spacial score (nSPS) is 14.2. The van der Waals surface area contributed by atoms with Crippen LogP contribution >= 0.6 is 0 Å². The Bertz CT molecular complexity index is 185. The van der Waals surface area contributed by atoms with Crippen LogP contribution in [0, 0.1) is 0 Å². The van der Waals surface area contributed by atoms with Crippen LogP contribution in [0.25, 0.3) is 0 Å². The van der Waals surface area contributed by atoms with Gasteiger partial charge in [0.2, 0.25) is 0 Å². The van der Waals surface area contributed by atoms with Crippen LogP contribution in [0.15, 0.2) is 11.6 Å². The third kappa shape index (κ3) is 5.42. The summed E-state index contributed by atoms with van der Waals surface area (Å²) in [5, 5.41) is 8.67. The minimum absolute atomic E-state index is 0.197. The topological polar surface area (TPSA) is 46.5 Å². The third-order valence-electron chi connectivity index (χ3n) is 1.94. The molecule has 0 aromatic heterocycles. The van der Waals surface area contributed by atoms with Gasteiger partial charge in [-0.3, -0.25) is 0 Å². The van der Waals surface area contributed by atoms with Crippen molar-refractivity contribution in [2.24, 2.45) is 0 Å². The second-order valence-electron chi connectivity index (χ2n) is 2.94. The highest BCUT2D eigenvalue weighted by atomic mass is 16.5. The summed E-state index contributed by atoms with van der Waals surface area (Å²) in [6, 6.07) is 0. The first kappa shape index (κ1) is 12.2. The van der Waals surface area contributed by atoms with Crippen molar-refractivity contribution in [3.63, 3.8) is 0 Å². The quantitative estimate of drug-likeness (QED) is 0.647. The van der Waals surface area contributed by atoms with Crippen LogP contribution in [0.5, 0.6) is 0 Å². The minimum Gasteiger partial charge on any atom is -0.478 e. The first-order valence-electron chi connectivity index (χ1n) is 4.65. The number of ether oxygens (including phenoxy) is 1. The highest BCUT2D eigenvalue weighted by Gasteiger charge is 2.03. The van der Waals surface area contributed by atoms with E-state index in [4.69, 9.17) is 9.84 Å². The van der Waals surface area contributed by atoms with Crippen molar-refractivity contribution < 1.29 is 14.6 Å². The van der Waals surface area contributed by atoms with Crippen LogP contribution in [0.3, 0.4) is 0 Å². The van der Waals surface area contributed by atoms with Gasteiger partial charge in [0.15, 0.2) is 0 Å². The molecule has 0 spiro atoms. The van der Waals surface area contributed by atoms with E-state index >= 15 is 0 Å². The molecule has 3 heteroatoms. The highest BCUT2D eigenvalue weighted by Crippen LogP contribution is 2.02. The fraction of sp³-hybridized carbons (Fsp3) is 0.700. The highest BCUT2D eigenvalue weighted by molar-refractivity contribution is 5.86. The van der Waals surface area contributed by atoms with E-state index in [0.29, 0.717) is 18.6 Å². The number of carboxylic acid groups (broad SMARTS) is 1. The van der Waals surface area contributed by atoms with Crippen molar-refractivity contribution in [2.45, 2.75) is 39.7 Å². The Balaban J connectivity index is 3.87. The molecule has 0 rings (SSSR count). The van der Waals surface area contributed by atoms with Gasteiger partial charge in [-0.1, -0.05) is 13.8 Å². The molecular formula is C10H18O3. The van der Waals surface area contributed by atoms with E-state index in [-0.39, 0.29) is 6.10 Å². The molecule has 0 aliphatic heterocycles. The summed E-state index contributed by atoms with van der Waals surface area (Å²) < 4.78 is 5.33. The van der Waals surface area contributed by atoms with Gasteiger partial charge >= 0.3 is 5.97 Å². The minimum atomic E-state index is -0.852. The molecule has 0 amide bonds. The number of aliphatic carboxylic acids is 1. The van der Waals surface area contributed by atoms with E-state index in [1.54, 1.807) is 6.08 Å². The number of rotatable bonds is 6. The molecule has 0 saturated carbocycles. The second-order valence-corrected chi connectivity index (χ2v) is 2.94. The van der Waals surface area contributed by atoms with Gasteiger partial charge in [0.05, 0.1) is 12.7 Å². The summed E-state index contributed by atoms with van der Waals surface area (Å²) in [7, 11) is 0. The van der Waals surface area contributed by atoms with E-state index in [9.17, 15) is 4.79 Å². The van der Waals surface area contributed by atoms with Crippen LogP contribution in [0.4, 0.5) is 0 Å². The molecule has 0 saturated heterocycles. The summed E-state index contributed by atoms with van der Waals surface area (Å²) in [5.41, 5.74) is 0.420. The van der Waals surface area contributed by atoms with Crippen molar-refractivity contribution in [2.75, 3.05) is 6.61 Å². The molecule has 1 atom stereocenters. The molecule has 1 unspecified atom stereocenters. The van der Waals surface area contributed by atoms with Gasteiger partial charge in [-0.05, 0) is 25.8 Å². The van der Waals surface area contributed by atoms with Crippen LogP contribution in [0.2, 0.25) is 0 Å². The number of hydrogen-bond donors (Lipinski definition) is 1. The summed E-state index contributed by atoms with van der Waals surface area (Å²) in [4.78, 5) is 10.6. The Labute approximate surface area is 79.4 Å².